The standard InChI is InChI=1S/C18H21N5O2/c1-3-12-7-14(13-5-6-13)8-22-9-15(19-17(12)22)10-23-11-16(20-21-23)18(24)25-4-2/h7-9,11,13H,3-6,10H2,1-2H3. The summed E-state index contributed by atoms with van der Waals surface area (Å²) in [6.45, 7) is 4.71. The summed E-state index contributed by atoms with van der Waals surface area (Å²) < 4.78 is 8.67. The summed E-state index contributed by atoms with van der Waals surface area (Å²) in [5.74, 6) is 0.258. The second-order valence-corrected chi connectivity index (χ2v) is 6.41. The van der Waals surface area contributed by atoms with E-state index in [4.69, 9.17) is 9.72 Å². The summed E-state index contributed by atoms with van der Waals surface area (Å²) in [6.07, 6.45) is 9.34. The van der Waals surface area contributed by atoms with E-state index in [1.54, 1.807) is 17.8 Å². The van der Waals surface area contributed by atoms with Crippen LogP contribution in [0.2, 0.25) is 0 Å². The molecule has 4 rings (SSSR count). The molecule has 7 heteroatoms. The van der Waals surface area contributed by atoms with Crippen LogP contribution in [-0.4, -0.2) is 37.0 Å². The lowest BCUT2D eigenvalue weighted by Gasteiger charge is -2.05. The number of rotatable bonds is 6. The van der Waals surface area contributed by atoms with Crippen molar-refractivity contribution in [1.82, 2.24) is 24.4 Å². The van der Waals surface area contributed by atoms with Crippen molar-refractivity contribution in [3.63, 3.8) is 0 Å². The van der Waals surface area contributed by atoms with Gasteiger partial charge in [0.25, 0.3) is 0 Å². The molecule has 3 aromatic heterocycles. The molecule has 0 N–H and O–H groups in total. The molecule has 0 radical (unpaired) electrons. The highest BCUT2D eigenvalue weighted by Gasteiger charge is 2.25. The number of imidazole rings is 1. The van der Waals surface area contributed by atoms with Crippen molar-refractivity contribution in [2.24, 2.45) is 0 Å². The second kappa shape index (κ2) is 6.31. The number of hydrogen-bond acceptors (Lipinski definition) is 5. The average molecular weight is 339 g/mol. The van der Waals surface area contributed by atoms with Gasteiger partial charge in [-0.05, 0) is 43.2 Å². The summed E-state index contributed by atoms with van der Waals surface area (Å²) in [7, 11) is 0. The normalized spacial score (nSPS) is 14.2. The first-order valence-corrected chi connectivity index (χ1v) is 8.75. The summed E-state index contributed by atoms with van der Waals surface area (Å²) in [5, 5.41) is 7.87. The fraction of sp³-hybridized carbons (Fsp3) is 0.444. The number of fused-ring (bicyclic) bond motifs is 1. The molecule has 0 aromatic carbocycles. The third-order valence-corrected chi connectivity index (χ3v) is 4.48. The van der Waals surface area contributed by atoms with Gasteiger partial charge in [0, 0.05) is 12.4 Å². The predicted octanol–water partition coefficient (Wildman–Crippen LogP) is 2.59. The monoisotopic (exact) mass is 339 g/mol. The Hall–Kier alpha value is -2.70. The Morgan fingerprint density at radius 3 is 2.84 bits per heavy atom. The molecule has 0 spiro atoms. The fourth-order valence-electron chi connectivity index (χ4n) is 3.06. The van der Waals surface area contributed by atoms with Crippen LogP contribution >= 0.6 is 0 Å². The number of ether oxygens (including phenoxy) is 1. The predicted molar refractivity (Wildman–Crippen MR) is 91.6 cm³/mol. The Bertz CT molecular complexity index is 923. The lowest BCUT2D eigenvalue weighted by atomic mass is 10.1. The largest absolute Gasteiger partial charge is 0.461 e. The molecule has 1 aliphatic carbocycles. The van der Waals surface area contributed by atoms with Crippen molar-refractivity contribution in [2.45, 2.75) is 45.6 Å². The Labute approximate surface area is 145 Å². The van der Waals surface area contributed by atoms with Gasteiger partial charge in [0.05, 0.1) is 25.0 Å². The van der Waals surface area contributed by atoms with E-state index in [0.717, 1.165) is 17.8 Å². The summed E-state index contributed by atoms with van der Waals surface area (Å²) >= 11 is 0. The zero-order valence-electron chi connectivity index (χ0n) is 14.5. The van der Waals surface area contributed by atoms with Crippen molar-refractivity contribution in [1.29, 1.82) is 0 Å². The lowest BCUT2D eigenvalue weighted by Crippen LogP contribution is -2.05. The Morgan fingerprint density at radius 2 is 2.12 bits per heavy atom. The van der Waals surface area contributed by atoms with Gasteiger partial charge in [0.1, 0.15) is 5.65 Å². The van der Waals surface area contributed by atoms with E-state index >= 15 is 0 Å². The summed E-state index contributed by atoms with van der Waals surface area (Å²) in [6, 6.07) is 2.29. The van der Waals surface area contributed by atoms with Crippen LogP contribution in [0, 0.1) is 0 Å². The van der Waals surface area contributed by atoms with E-state index in [0.29, 0.717) is 19.1 Å². The molecule has 130 valence electrons. The van der Waals surface area contributed by atoms with Crippen LogP contribution in [0.5, 0.6) is 0 Å². The zero-order valence-corrected chi connectivity index (χ0v) is 14.5. The molecule has 0 amide bonds. The van der Waals surface area contributed by atoms with Crippen molar-refractivity contribution >= 4 is 11.6 Å². The van der Waals surface area contributed by atoms with Gasteiger partial charge in [-0.2, -0.15) is 0 Å². The maximum absolute atomic E-state index is 11.7. The van der Waals surface area contributed by atoms with Crippen LogP contribution in [0.15, 0.2) is 24.7 Å². The third-order valence-electron chi connectivity index (χ3n) is 4.48. The van der Waals surface area contributed by atoms with Gasteiger partial charge in [0.15, 0.2) is 5.69 Å². The van der Waals surface area contributed by atoms with Gasteiger partial charge in [-0.3, -0.25) is 0 Å². The SMILES string of the molecule is CCOC(=O)c1cn(Cc2cn3cc(C4CC4)cc(CC)c3n2)nn1. The molecule has 0 bridgehead atoms. The fourth-order valence-corrected chi connectivity index (χ4v) is 3.06. The second-order valence-electron chi connectivity index (χ2n) is 6.41. The minimum Gasteiger partial charge on any atom is -0.461 e. The number of esters is 1. The zero-order chi connectivity index (χ0) is 17.4. The minimum absolute atomic E-state index is 0.218. The van der Waals surface area contributed by atoms with E-state index in [9.17, 15) is 4.79 Å². The van der Waals surface area contributed by atoms with E-state index < -0.39 is 5.97 Å². The molecule has 0 unspecified atom stereocenters. The molecule has 7 nitrogen and oxygen atoms in total. The highest BCUT2D eigenvalue weighted by molar-refractivity contribution is 5.86. The van der Waals surface area contributed by atoms with E-state index in [-0.39, 0.29) is 5.69 Å². The Balaban J connectivity index is 1.60. The van der Waals surface area contributed by atoms with Gasteiger partial charge in [-0.15, -0.1) is 5.10 Å². The smallest absolute Gasteiger partial charge is 0.360 e. The first kappa shape index (κ1) is 15.8. The number of hydrogen-bond donors (Lipinski definition) is 0. The van der Waals surface area contributed by atoms with Gasteiger partial charge in [-0.1, -0.05) is 18.2 Å². The van der Waals surface area contributed by atoms with Gasteiger partial charge >= 0.3 is 5.97 Å². The third kappa shape index (κ3) is 3.14. The lowest BCUT2D eigenvalue weighted by molar-refractivity contribution is 0.0519. The van der Waals surface area contributed by atoms with Crippen molar-refractivity contribution in [3.8, 4) is 0 Å². The molecule has 1 saturated carbocycles. The number of aromatic nitrogens is 5. The molecular formula is C18H21N5O2. The molecule has 3 aromatic rings. The van der Waals surface area contributed by atoms with E-state index in [1.165, 1.54) is 24.0 Å². The number of carbonyl (C=O) groups excluding carboxylic acids is 1. The molecule has 0 atom stereocenters. The van der Waals surface area contributed by atoms with Gasteiger partial charge < -0.3 is 9.14 Å². The van der Waals surface area contributed by atoms with Crippen LogP contribution < -0.4 is 0 Å². The van der Waals surface area contributed by atoms with Gasteiger partial charge in [0.2, 0.25) is 0 Å². The molecule has 3 heterocycles. The topological polar surface area (TPSA) is 74.3 Å². The van der Waals surface area contributed by atoms with E-state index in [2.05, 4.69) is 33.9 Å². The van der Waals surface area contributed by atoms with Crippen LogP contribution in [0.4, 0.5) is 0 Å². The quantitative estimate of drug-likeness (QED) is 0.645. The highest BCUT2D eigenvalue weighted by Crippen LogP contribution is 2.40. The first-order valence-electron chi connectivity index (χ1n) is 8.75. The Morgan fingerprint density at radius 1 is 1.28 bits per heavy atom. The molecule has 1 fully saturated rings. The van der Waals surface area contributed by atoms with Gasteiger partial charge in [-0.25, -0.2) is 14.5 Å². The number of nitrogens with zero attached hydrogens (tertiary/aromatic N) is 5. The average Bonchev–Trinajstić information content (AvgIpc) is 3.22. The van der Waals surface area contributed by atoms with Crippen molar-refractivity contribution < 1.29 is 9.53 Å². The van der Waals surface area contributed by atoms with Crippen LogP contribution in [-0.2, 0) is 17.7 Å². The molecular weight excluding hydrogens is 318 g/mol. The molecule has 0 aliphatic heterocycles. The summed E-state index contributed by atoms with van der Waals surface area (Å²) in [5.41, 5.74) is 4.77. The minimum atomic E-state index is -0.453. The van der Waals surface area contributed by atoms with Crippen LogP contribution in [0.25, 0.3) is 5.65 Å². The maximum atomic E-state index is 11.7. The number of carbonyl (C=O) groups is 1. The van der Waals surface area contributed by atoms with E-state index in [1.807, 2.05) is 6.20 Å². The van der Waals surface area contributed by atoms with Crippen LogP contribution in [0.1, 0.15) is 59.9 Å². The van der Waals surface area contributed by atoms with Crippen LogP contribution in [0.3, 0.4) is 0 Å². The number of pyridine rings is 1. The number of aryl methyl sites for hydroxylation is 1. The summed E-state index contributed by atoms with van der Waals surface area (Å²) in [4.78, 5) is 16.4. The van der Waals surface area contributed by atoms with Crippen molar-refractivity contribution in [3.05, 3.63) is 47.2 Å². The Kier molecular flexibility index (Phi) is 3.99. The molecule has 25 heavy (non-hydrogen) atoms. The highest BCUT2D eigenvalue weighted by atomic mass is 16.5. The first-order chi connectivity index (χ1) is 12.2. The maximum Gasteiger partial charge on any atom is 0.360 e. The van der Waals surface area contributed by atoms with Crippen molar-refractivity contribution in [2.75, 3.05) is 6.61 Å². The molecule has 0 saturated heterocycles. The molecule has 1 aliphatic rings.